The van der Waals surface area contributed by atoms with E-state index in [0.29, 0.717) is 17.1 Å². The molecule has 0 amide bonds. The molecular weight excluding hydrogens is 543 g/mol. The monoisotopic (exact) mass is 567 g/mol. The molecule has 1 saturated heterocycles. The smallest absolute Gasteiger partial charge is 0.379 e. The predicted molar refractivity (Wildman–Crippen MR) is 144 cm³/mol. The van der Waals surface area contributed by atoms with E-state index in [4.69, 9.17) is 21.5 Å². The number of benzene rings is 2. The summed E-state index contributed by atoms with van der Waals surface area (Å²) in [5, 5.41) is 16.5. The van der Waals surface area contributed by atoms with E-state index in [1.54, 1.807) is 11.3 Å². The lowest BCUT2D eigenvalue weighted by atomic mass is 10.0. The highest BCUT2D eigenvalue weighted by Gasteiger charge is 2.39. The zero-order chi connectivity index (χ0) is 26.4. The van der Waals surface area contributed by atoms with Crippen LogP contribution in [0, 0.1) is 0 Å². The minimum atomic E-state index is -4.73. The molecule has 1 aliphatic rings. The van der Waals surface area contributed by atoms with Gasteiger partial charge in [-0.15, -0.1) is 11.3 Å². The first-order valence-electron chi connectivity index (χ1n) is 11.4. The van der Waals surface area contributed by atoms with Gasteiger partial charge >= 0.3 is 6.18 Å². The van der Waals surface area contributed by atoms with Crippen molar-refractivity contribution >= 4 is 45.2 Å². The van der Waals surface area contributed by atoms with Crippen LogP contribution in [0.1, 0.15) is 22.1 Å². The van der Waals surface area contributed by atoms with Crippen LogP contribution in [0.5, 0.6) is 0 Å². The van der Waals surface area contributed by atoms with Crippen molar-refractivity contribution in [3.05, 3.63) is 87.9 Å². The van der Waals surface area contributed by atoms with E-state index in [0.717, 1.165) is 52.4 Å². The third kappa shape index (κ3) is 7.23. The average Bonchev–Trinajstić information content (AvgIpc) is 3.32. The maximum Gasteiger partial charge on any atom is 0.418 e. The molecule has 1 fully saturated rings. The molecule has 196 valence electrons. The number of hydrogen-bond donors (Lipinski definition) is 2. The van der Waals surface area contributed by atoms with Crippen molar-refractivity contribution in [1.82, 2.24) is 9.29 Å². The number of aromatic nitrogens is 1. The Bertz CT molecular complexity index is 1330. The summed E-state index contributed by atoms with van der Waals surface area (Å²) in [6.07, 6.45) is -5.31. The summed E-state index contributed by atoms with van der Waals surface area (Å²) in [5.74, 6) is 0. The maximum atomic E-state index is 12.9. The zero-order valence-electron chi connectivity index (χ0n) is 19.6. The van der Waals surface area contributed by atoms with E-state index in [1.807, 2.05) is 42.5 Å². The summed E-state index contributed by atoms with van der Waals surface area (Å²) < 4.78 is 46.8. The topological polar surface area (TPSA) is 71.6 Å². The largest absolute Gasteiger partial charge is 0.418 e. The quantitative estimate of drug-likeness (QED) is 0.263. The lowest BCUT2D eigenvalue weighted by molar-refractivity contribution is -0.206. The number of thiophene rings is 1. The molecule has 1 atom stereocenters. The van der Waals surface area contributed by atoms with Gasteiger partial charge in [-0.3, -0.25) is 10.1 Å². The summed E-state index contributed by atoms with van der Waals surface area (Å²) in [6, 6.07) is 17.8. The van der Waals surface area contributed by atoms with E-state index in [9.17, 15) is 18.3 Å². The van der Waals surface area contributed by atoms with Gasteiger partial charge in [-0.05, 0) is 40.8 Å². The fourth-order valence-electron chi connectivity index (χ4n) is 3.84. The Morgan fingerprint density at radius 1 is 1.11 bits per heavy atom. The summed E-state index contributed by atoms with van der Waals surface area (Å²) in [6.45, 7) is 3.57. The first-order valence-corrected chi connectivity index (χ1v) is 13.4. The Morgan fingerprint density at radius 2 is 1.86 bits per heavy atom. The molecule has 0 radical (unpaired) electrons. The number of aliphatic hydroxyl groups excluding tert-OH is 1. The SMILES string of the molecule is NSN1CCOCC1.OC(c1ccnc(-c2cccc3cc(Cc4ccccc4Cl)sc23)c1)C(F)(F)F. The number of aliphatic hydroxyl groups is 1. The summed E-state index contributed by atoms with van der Waals surface area (Å²) in [5.41, 5.74) is 1.90. The molecule has 0 spiro atoms. The van der Waals surface area contributed by atoms with Crippen LogP contribution in [-0.4, -0.2) is 46.9 Å². The molecule has 2 aromatic heterocycles. The molecular formula is C26H25ClF3N3O2S2. The van der Waals surface area contributed by atoms with E-state index < -0.39 is 12.3 Å². The van der Waals surface area contributed by atoms with Crippen molar-refractivity contribution in [2.24, 2.45) is 5.14 Å². The Balaban J connectivity index is 0.000000342. The molecule has 0 aliphatic carbocycles. The van der Waals surface area contributed by atoms with Gasteiger partial charge in [0.05, 0.1) is 18.9 Å². The molecule has 3 heterocycles. The van der Waals surface area contributed by atoms with E-state index in [-0.39, 0.29) is 5.56 Å². The van der Waals surface area contributed by atoms with Crippen molar-refractivity contribution in [2.75, 3.05) is 26.3 Å². The molecule has 0 saturated carbocycles. The van der Waals surface area contributed by atoms with Crippen LogP contribution in [0.3, 0.4) is 0 Å². The molecule has 0 bridgehead atoms. The highest BCUT2D eigenvalue weighted by molar-refractivity contribution is 7.94. The lowest BCUT2D eigenvalue weighted by Gasteiger charge is -2.22. The third-order valence-electron chi connectivity index (χ3n) is 5.72. The average molecular weight is 568 g/mol. The highest BCUT2D eigenvalue weighted by atomic mass is 35.5. The van der Waals surface area contributed by atoms with E-state index in [1.165, 1.54) is 30.5 Å². The van der Waals surface area contributed by atoms with Crippen molar-refractivity contribution < 1.29 is 23.0 Å². The number of rotatable bonds is 5. The molecule has 4 aromatic rings. The van der Waals surface area contributed by atoms with Gasteiger partial charge in [0.1, 0.15) is 0 Å². The maximum absolute atomic E-state index is 12.9. The minimum absolute atomic E-state index is 0.229. The second kappa shape index (κ2) is 12.6. The standard InChI is InChI=1S/C22H15ClF3NOS.C4H10N2OS/c23-18-7-2-1-4-13(18)10-16-11-14-5-3-6-17(20(14)29-16)19-12-15(8-9-27-19)21(28)22(24,25)26;5-8-6-1-3-7-4-2-6/h1-9,11-12,21,28H,10H2;1-5H2. The van der Waals surface area contributed by atoms with Gasteiger partial charge < -0.3 is 9.84 Å². The fraction of sp³-hybridized carbons (Fsp3) is 0.269. The van der Waals surface area contributed by atoms with Crippen LogP contribution < -0.4 is 5.14 Å². The Kier molecular flexibility index (Phi) is 9.46. The Labute approximate surface area is 226 Å². The molecule has 5 nitrogen and oxygen atoms in total. The minimum Gasteiger partial charge on any atom is -0.379 e. The van der Waals surface area contributed by atoms with Crippen LogP contribution in [0.4, 0.5) is 13.2 Å². The van der Waals surface area contributed by atoms with Gasteiger partial charge in [-0.2, -0.15) is 13.2 Å². The van der Waals surface area contributed by atoms with Gasteiger partial charge in [-0.25, -0.2) is 4.31 Å². The molecule has 2 aromatic carbocycles. The van der Waals surface area contributed by atoms with Gasteiger partial charge in [-0.1, -0.05) is 48.0 Å². The van der Waals surface area contributed by atoms with Gasteiger partial charge in [0.25, 0.3) is 0 Å². The first-order chi connectivity index (χ1) is 17.8. The van der Waals surface area contributed by atoms with Crippen molar-refractivity contribution in [1.29, 1.82) is 0 Å². The Hall–Kier alpha value is -2.18. The first kappa shape index (κ1) is 27.8. The molecule has 5 rings (SSSR count). The number of morpholine rings is 1. The highest BCUT2D eigenvalue weighted by Crippen LogP contribution is 2.38. The molecule has 1 aliphatic heterocycles. The van der Waals surface area contributed by atoms with Crippen LogP contribution in [0.2, 0.25) is 5.02 Å². The summed E-state index contributed by atoms with van der Waals surface area (Å²) in [4.78, 5) is 5.33. The van der Waals surface area contributed by atoms with Crippen molar-refractivity contribution in [3.8, 4) is 11.3 Å². The molecule has 11 heteroatoms. The second-order valence-electron chi connectivity index (χ2n) is 8.27. The molecule has 3 N–H and O–H groups in total. The number of pyridine rings is 1. The predicted octanol–water partition coefficient (Wildman–Crippen LogP) is 6.64. The summed E-state index contributed by atoms with van der Waals surface area (Å²) in [7, 11) is 0. The molecule has 37 heavy (non-hydrogen) atoms. The van der Waals surface area contributed by atoms with Gasteiger partial charge in [0, 0.05) is 58.0 Å². The number of ether oxygens (including phenoxy) is 1. The van der Waals surface area contributed by atoms with Crippen LogP contribution >= 0.6 is 35.1 Å². The normalized spacial score (nSPS) is 15.3. The van der Waals surface area contributed by atoms with Crippen LogP contribution in [0.15, 0.2) is 66.9 Å². The third-order valence-corrected chi connectivity index (χ3v) is 7.94. The van der Waals surface area contributed by atoms with Crippen LogP contribution in [0.25, 0.3) is 21.3 Å². The number of fused-ring (bicyclic) bond motifs is 1. The number of nitrogens with zero attached hydrogens (tertiary/aromatic N) is 2. The molecule has 1 unspecified atom stereocenters. The lowest BCUT2D eigenvalue weighted by Crippen LogP contribution is -2.32. The van der Waals surface area contributed by atoms with Crippen molar-refractivity contribution in [3.63, 3.8) is 0 Å². The van der Waals surface area contributed by atoms with Gasteiger partial charge in [0.15, 0.2) is 6.10 Å². The zero-order valence-corrected chi connectivity index (χ0v) is 22.0. The van der Waals surface area contributed by atoms with E-state index >= 15 is 0 Å². The summed E-state index contributed by atoms with van der Waals surface area (Å²) >= 11 is 9.12. The van der Waals surface area contributed by atoms with Crippen LogP contribution in [-0.2, 0) is 11.2 Å². The number of nitrogens with two attached hydrogens (primary N) is 1. The fourth-order valence-corrected chi connectivity index (χ4v) is 5.61. The number of alkyl halides is 3. The van der Waals surface area contributed by atoms with Gasteiger partial charge in [0.2, 0.25) is 0 Å². The number of halogens is 4. The van der Waals surface area contributed by atoms with Crippen molar-refractivity contribution in [2.45, 2.75) is 18.7 Å². The second-order valence-corrected chi connectivity index (χ2v) is 10.5. The number of hydrogen-bond acceptors (Lipinski definition) is 7. The Morgan fingerprint density at radius 3 is 2.54 bits per heavy atom. The van der Waals surface area contributed by atoms with E-state index in [2.05, 4.69) is 15.4 Å².